The first kappa shape index (κ1) is 13.7. The second kappa shape index (κ2) is 6.41. The van der Waals surface area contributed by atoms with Crippen LogP contribution in [0.1, 0.15) is 15.9 Å². The fourth-order valence-corrected chi connectivity index (χ4v) is 3.16. The molecule has 0 atom stereocenters. The van der Waals surface area contributed by atoms with Crippen LogP contribution in [0, 0.1) is 0 Å². The largest absolute Gasteiger partial charge is 0.298 e. The maximum atomic E-state index is 10.5. The third kappa shape index (κ3) is 3.61. The molecule has 0 aliphatic carbocycles. The second-order valence-corrected chi connectivity index (χ2v) is 6.08. The number of hydrogen-bond donors (Lipinski definition) is 0. The maximum absolute atomic E-state index is 10.5. The number of thioether (sulfide) groups is 1. The fraction of sp³-hybridized carbons (Fsp3) is 0.0714. The molecule has 0 radical (unpaired) electrons. The normalized spacial score (nSPS) is 10.3. The summed E-state index contributed by atoms with van der Waals surface area (Å²) in [6.07, 6.45) is 0.847. The topological polar surface area (TPSA) is 17.1 Å². The van der Waals surface area contributed by atoms with E-state index in [-0.39, 0.29) is 0 Å². The number of halogens is 2. The Labute approximate surface area is 124 Å². The number of carbonyl (C=O) groups is 1. The van der Waals surface area contributed by atoms with E-state index in [9.17, 15) is 4.79 Å². The SMILES string of the molecule is O=Cc1ccc(SCc2ccc(Br)cc2Cl)cc1. The summed E-state index contributed by atoms with van der Waals surface area (Å²) >= 11 is 11.2. The van der Waals surface area contributed by atoms with E-state index in [0.29, 0.717) is 5.56 Å². The van der Waals surface area contributed by atoms with Crippen LogP contribution in [0.2, 0.25) is 5.02 Å². The third-order valence-electron chi connectivity index (χ3n) is 2.43. The van der Waals surface area contributed by atoms with Gasteiger partial charge in [0, 0.05) is 25.7 Å². The maximum Gasteiger partial charge on any atom is 0.150 e. The first-order valence-corrected chi connectivity index (χ1v) is 7.46. The van der Waals surface area contributed by atoms with E-state index in [2.05, 4.69) is 15.9 Å². The van der Waals surface area contributed by atoms with Crippen molar-refractivity contribution in [1.29, 1.82) is 0 Å². The second-order valence-electron chi connectivity index (χ2n) is 3.71. The van der Waals surface area contributed by atoms with Crippen LogP contribution in [0.15, 0.2) is 51.8 Å². The fourth-order valence-electron chi connectivity index (χ4n) is 1.44. The van der Waals surface area contributed by atoms with Crippen molar-refractivity contribution in [2.24, 2.45) is 0 Å². The van der Waals surface area contributed by atoms with Gasteiger partial charge >= 0.3 is 0 Å². The minimum atomic E-state index is 0.695. The van der Waals surface area contributed by atoms with E-state index >= 15 is 0 Å². The average Bonchev–Trinajstić information content (AvgIpc) is 2.38. The van der Waals surface area contributed by atoms with Crippen LogP contribution < -0.4 is 0 Å². The molecule has 0 saturated heterocycles. The molecule has 4 heteroatoms. The lowest BCUT2D eigenvalue weighted by molar-refractivity contribution is 0.112. The number of hydrogen-bond acceptors (Lipinski definition) is 2. The van der Waals surface area contributed by atoms with Crippen molar-refractivity contribution in [3.05, 3.63) is 63.1 Å². The molecule has 92 valence electrons. The molecule has 2 rings (SSSR count). The summed E-state index contributed by atoms with van der Waals surface area (Å²) in [6, 6.07) is 13.4. The van der Waals surface area contributed by atoms with Crippen LogP contribution >= 0.6 is 39.3 Å². The summed E-state index contributed by atoms with van der Waals surface area (Å²) in [6.45, 7) is 0. The van der Waals surface area contributed by atoms with Gasteiger partial charge in [-0.25, -0.2) is 0 Å². The Morgan fingerprint density at radius 2 is 1.89 bits per heavy atom. The molecule has 0 fully saturated rings. The number of aldehydes is 1. The minimum absolute atomic E-state index is 0.695. The van der Waals surface area contributed by atoms with Crippen LogP contribution in [0.3, 0.4) is 0 Å². The Balaban J connectivity index is 2.04. The van der Waals surface area contributed by atoms with Crippen molar-refractivity contribution < 1.29 is 4.79 Å². The Morgan fingerprint density at radius 3 is 2.50 bits per heavy atom. The van der Waals surface area contributed by atoms with Crippen molar-refractivity contribution in [2.75, 3.05) is 0 Å². The molecule has 0 amide bonds. The summed E-state index contributed by atoms with van der Waals surface area (Å²) in [4.78, 5) is 11.7. The Bertz CT molecular complexity index is 554. The monoisotopic (exact) mass is 340 g/mol. The summed E-state index contributed by atoms with van der Waals surface area (Å²) in [5, 5.41) is 0.765. The lowest BCUT2D eigenvalue weighted by atomic mass is 10.2. The zero-order valence-corrected chi connectivity index (χ0v) is 12.6. The third-order valence-corrected chi connectivity index (χ3v) is 4.33. The molecule has 0 aromatic heterocycles. The smallest absolute Gasteiger partial charge is 0.150 e. The van der Waals surface area contributed by atoms with Crippen LogP contribution in [0.5, 0.6) is 0 Å². The predicted octanol–water partition coefficient (Wildman–Crippen LogP) is 5.21. The van der Waals surface area contributed by atoms with Gasteiger partial charge in [0.2, 0.25) is 0 Å². The lowest BCUT2D eigenvalue weighted by Crippen LogP contribution is -1.84. The van der Waals surface area contributed by atoms with Gasteiger partial charge < -0.3 is 0 Å². The van der Waals surface area contributed by atoms with Gasteiger partial charge in [0.1, 0.15) is 6.29 Å². The van der Waals surface area contributed by atoms with Crippen molar-refractivity contribution in [1.82, 2.24) is 0 Å². The molecule has 0 unspecified atom stereocenters. The zero-order valence-electron chi connectivity index (χ0n) is 9.40. The molecule has 0 aliphatic heterocycles. The highest BCUT2D eigenvalue weighted by Crippen LogP contribution is 2.28. The summed E-state index contributed by atoms with van der Waals surface area (Å²) in [5.74, 6) is 0.812. The molecule has 2 aromatic carbocycles. The Morgan fingerprint density at radius 1 is 1.17 bits per heavy atom. The van der Waals surface area contributed by atoms with Gasteiger partial charge in [0.25, 0.3) is 0 Å². The van der Waals surface area contributed by atoms with Crippen LogP contribution in [0.25, 0.3) is 0 Å². The van der Waals surface area contributed by atoms with Crippen molar-refractivity contribution in [2.45, 2.75) is 10.6 Å². The van der Waals surface area contributed by atoms with Gasteiger partial charge in [-0.05, 0) is 29.8 Å². The van der Waals surface area contributed by atoms with Crippen LogP contribution in [-0.4, -0.2) is 6.29 Å². The van der Waals surface area contributed by atoms with Crippen molar-refractivity contribution >= 4 is 45.6 Å². The molecule has 1 nitrogen and oxygen atoms in total. The minimum Gasteiger partial charge on any atom is -0.298 e. The van der Waals surface area contributed by atoms with E-state index in [1.807, 2.05) is 42.5 Å². The van der Waals surface area contributed by atoms with Crippen LogP contribution in [0.4, 0.5) is 0 Å². The lowest BCUT2D eigenvalue weighted by Gasteiger charge is -2.05. The molecule has 18 heavy (non-hydrogen) atoms. The van der Waals surface area contributed by atoms with E-state index in [0.717, 1.165) is 32.0 Å². The molecule has 0 saturated carbocycles. The number of benzene rings is 2. The Kier molecular flexibility index (Phi) is 4.87. The molecule has 0 aliphatic rings. The van der Waals surface area contributed by atoms with E-state index in [1.165, 1.54) is 0 Å². The van der Waals surface area contributed by atoms with E-state index in [1.54, 1.807) is 11.8 Å². The predicted molar refractivity (Wildman–Crippen MR) is 80.5 cm³/mol. The van der Waals surface area contributed by atoms with Crippen molar-refractivity contribution in [3.8, 4) is 0 Å². The standard InChI is InChI=1S/C14H10BrClOS/c15-12-4-3-11(14(16)7-12)9-18-13-5-1-10(8-17)2-6-13/h1-8H,9H2. The summed E-state index contributed by atoms with van der Waals surface area (Å²) in [7, 11) is 0. The first-order valence-electron chi connectivity index (χ1n) is 5.31. The van der Waals surface area contributed by atoms with Gasteiger partial charge in [-0.15, -0.1) is 11.8 Å². The highest BCUT2D eigenvalue weighted by Gasteiger charge is 2.02. The molecule has 0 heterocycles. The number of carbonyl (C=O) groups excluding carboxylic acids is 1. The van der Waals surface area contributed by atoms with Crippen LogP contribution in [-0.2, 0) is 5.75 Å². The molecular formula is C14H10BrClOS. The highest BCUT2D eigenvalue weighted by atomic mass is 79.9. The van der Waals surface area contributed by atoms with Crippen molar-refractivity contribution in [3.63, 3.8) is 0 Å². The average molecular weight is 342 g/mol. The quantitative estimate of drug-likeness (QED) is 0.561. The van der Waals surface area contributed by atoms with Gasteiger partial charge in [0.15, 0.2) is 0 Å². The number of rotatable bonds is 4. The summed E-state index contributed by atoms with van der Waals surface area (Å²) < 4.78 is 0.983. The molecule has 2 aromatic rings. The zero-order chi connectivity index (χ0) is 13.0. The molecule has 0 bridgehead atoms. The molecular weight excluding hydrogens is 332 g/mol. The van der Waals surface area contributed by atoms with E-state index < -0.39 is 0 Å². The highest BCUT2D eigenvalue weighted by molar-refractivity contribution is 9.10. The first-order chi connectivity index (χ1) is 8.69. The van der Waals surface area contributed by atoms with Gasteiger partial charge in [0.05, 0.1) is 0 Å². The summed E-state index contributed by atoms with van der Waals surface area (Å²) in [5.41, 5.74) is 1.80. The van der Waals surface area contributed by atoms with E-state index in [4.69, 9.17) is 11.6 Å². The van der Waals surface area contributed by atoms with Gasteiger partial charge in [-0.3, -0.25) is 4.79 Å². The van der Waals surface area contributed by atoms with Gasteiger partial charge in [-0.2, -0.15) is 0 Å². The van der Waals surface area contributed by atoms with Gasteiger partial charge in [-0.1, -0.05) is 45.7 Å². The Hall–Kier alpha value is -0.770. The molecule has 0 spiro atoms. The molecule has 0 N–H and O–H groups in total.